The predicted octanol–water partition coefficient (Wildman–Crippen LogP) is 5.41. The van der Waals surface area contributed by atoms with Gasteiger partial charge in [-0.15, -0.1) is 0 Å². The largest absolute Gasteiger partial charge is 0.492 e. The Bertz CT molecular complexity index is 1060. The van der Waals surface area contributed by atoms with Gasteiger partial charge in [-0.3, -0.25) is 0 Å². The molecule has 0 bridgehead atoms. The van der Waals surface area contributed by atoms with E-state index in [0.717, 1.165) is 42.8 Å². The highest BCUT2D eigenvalue weighted by Gasteiger charge is 2.52. The summed E-state index contributed by atoms with van der Waals surface area (Å²) in [5, 5.41) is 2.70. The molecule has 7 heteroatoms. The van der Waals surface area contributed by atoms with Crippen LogP contribution in [0.2, 0.25) is 0 Å². The number of hydrogen-bond donors (Lipinski definition) is 1. The average Bonchev–Trinajstić information content (AvgIpc) is 2.75. The summed E-state index contributed by atoms with van der Waals surface area (Å²) in [5.41, 5.74) is 3.18. The first-order valence-corrected chi connectivity index (χ1v) is 12.0. The molecule has 0 unspecified atom stereocenters. The van der Waals surface area contributed by atoms with Crippen LogP contribution >= 0.6 is 0 Å². The molecule has 7 nitrogen and oxygen atoms in total. The summed E-state index contributed by atoms with van der Waals surface area (Å²) in [4.78, 5) is 25.8. The molecule has 0 radical (unpaired) electrons. The summed E-state index contributed by atoms with van der Waals surface area (Å²) in [6.07, 6.45) is 3.53. The number of rotatable bonds is 7. The van der Waals surface area contributed by atoms with Gasteiger partial charge in [-0.2, -0.15) is 0 Å². The molecule has 1 heterocycles. The lowest BCUT2D eigenvalue weighted by molar-refractivity contribution is -0.0498. The second-order valence-corrected chi connectivity index (χ2v) is 10.4. The maximum atomic E-state index is 12.2. The summed E-state index contributed by atoms with van der Waals surface area (Å²) >= 11 is 0. The van der Waals surface area contributed by atoms with Crippen molar-refractivity contribution in [1.82, 2.24) is 10.2 Å². The highest BCUT2D eigenvalue weighted by Crippen LogP contribution is 2.52. The van der Waals surface area contributed by atoms with Gasteiger partial charge in [-0.1, -0.05) is 54.1 Å². The minimum Gasteiger partial charge on any atom is -0.492 e. The molecular weight excluding hydrogens is 444 g/mol. The summed E-state index contributed by atoms with van der Waals surface area (Å²) in [6.45, 7) is 8.15. The molecule has 1 saturated heterocycles. The number of hydrogen-bond acceptors (Lipinski definition) is 5. The van der Waals surface area contributed by atoms with Crippen LogP contribution in [-0.2, 0) is 16.1 Å². The molecule has 1 aliphatic heterocycles. The van der Waals surface area contributed by atoms with Crippen molar-refractivity contribution in [3.05, 3.63) is 71.3 Å². The van der Waals surface area contributed by atoms with E-state index >= 15 is 0 Å². The summed E-state index contributed by atoms with van der Waals surface area (Å²) in [6, 6.07) is 17.5. The van der Waals surface area contributed by atoms with Crippen LogP contribution < -0.4 is 10.1 Å². The van der Waals surface area contributed by atoms with E-state index in [1.54, 1.807) is 4.90 Å². The molecule has 4 rings (SSSR count). The maximum absolute atomic E-state index is 12.2. The van der Waals surface area contributed by atoms with Gasteiger partial charge in [0.05, 0.1) is 6.54 Å². The van der Waals surface area contributed by atoms with Gasteiger partial charge in [0.1, 0.15) is 24.6 Å². The zero-order valence-corrected chi connectivity index (χ0v) is 20.7. The fourth-order valence-electron chi connectivity index (χ4n) is 4.48. The van der Waals surface area contributed by atoms with E-state index in [1.807, 2.05) is 69.3 Å². The van der Waals surface area contributed by atoms with Crippen molar-refractivity contribution in [2.45, 2.75) is 45.8 Å². The van der Waals surface area contributed by atoms with Crippen molar-refractivity contribution in [3.63, 3.8) is 0 Å². The number of nitrogens with zero attached hydrogens (tertiary/aromatic N) is 1. The first-order valence-electron chi connectivity index (χ1n) is 12.0. The molecular formula is C28H34N2O5. The van der Waals surface area contributed by atoms with Gasteiger partial charge in [0.2, 0.25) is 0 Å². The number of carbonyl (C=O) groups is 2. The average molecular weight is 479 g/mol. The van der Waals surface area contributed by atoms with Crippen LogP contribution in [0.3, 0.4) is 0 Å². The van der Waals surface area contributed by atoms with E-state index in [2.05, 4.69) is 17.5 Å². The minimum absolute atomic E-state index is 0.218. The summed E-state index contributed by atoms with van der Waals surface area (Å²) < 4.78 is 16.4. The second kappa shape index (κ2) is 10.4. The topological polar surface area (TPSA) is 77.1 Å². The molecule has 1 aliphatic carbocycles. The Morgan fingerprint density at radius 1 is 1.06 bits per heavy atom. The van der Waals surface area contributed by atoms with Crippen LogP contribution in [0.25, 0.3) is 6.08 Å². The minimum atomic E-state index is -0.462. The molecule has 2 amide bonds. The third-order valence-electron chi connectivity index (χ3n) is 5.99. The van der Waals surface area contributed by atoms with E-state index in [4.69, 9.17) is 14.2 Å². The zero-order chi connectivity index (χ0) is 24.9. The monoisotopic (exact) mass is 478 g/mol. The maximum Gasteiger partial charge on any atom is 0.410 e. The predicted molar refractivity (Wildman–Crippen MR) is 134 cm³/mol. The Hall–Kier alpha value is -3.48. The molecule has 2 fully saturated rings. The van der Waals surface area contributed by atoms with Crippen LogP contribution in [0, 0.1) is 5.41 Å². The number of nitrogens with one attached hydrogen (secondary N) is 1. The third kappa shape index (κ3) is 7.01. The van der Waals surface area contributed by atoms with Crippen molar-refractivity contribution >= 4 is 18.3 Å². The SMILES string of the molecule is CC(C)(C)OC(=O)N1CC2(CC(=Cc3cccc(OCCNC(=O)OCc4ccccc4)c3)C2)C1. The van der Waals surface area contributed by atoms with Gasteiger partial charge >= 0.3 is 12.2 Å². The van der Waals surface area contributed by atoms with Crippen LogP contribution in [0.5, 0.6) is 5.75 Å². The molecule has 2 aromatic carbocycles. The van der Waals surface area contributed by atoms with Crippen molar-refractivity contribution < 1.29 is 23.8 Å². The van der Waals surface area contributed by atoms with Crippen molar-refractivity contribution in [1.29, 1.82) is 0 Å². The van der Waals surface area contributed by atoms with E-state index in [-0.39, 0.29) is 18.1 Å². The van der Waals surface area contributed by atoms with Gasteiger partial charge in [0.25, 0.3) is 0 Å². The fourth-order valence-corrected chi connectivity index (χ4v) is 4.48. The highest BCUT2D eigenvalue weighted by molar-refractivity contribution is 5.70. The smallest absolute Gasteiger partial charge is 0.410 e. The lowest BCUT2D eigenvalue weighted by Gasteiger charge is -2.56. The molecule has 186 valence electrons. The number of carbonyl (C=O) groups excluding carboxylic acids is 2. The normalized spacial score (nSPS) is 16.1. The number of alkyl carbamates (subject to hydrolysis) is 1. The Kier molecular flexibility index (Phi) is 7.34. The quantitative estimate of drug-likeness (QED) is 0.539. The lowest BCUT2D eigenvalue weighted by Crippen LogP contribution is -2.62. The number of amides is 2. The Morgan fingerprint density at radius 3 is 2.51 bits per heavy atom. The second-order valence-electron chi connectivity index (χ2n) is 10.4. The molecule has 1 N–H and O–H groups in total. The lowest BCUT2D eigenvalue weighted by atomic mass is 9.60. The van der Waals surface area contributed by atoms with E-state index < -0.39 is 11.7 Å². The summed E-state index contributed by atoms with van der Waals surface area (Å²) in [5.74, 6) is 0.757. The first kappa shape index (κ1) is 24.6. The van der Waals surface area contributed by atoms with Crippen molar-refractivity contribution in [2.75, 3.05) is 26.2 Å². The zero-order valence-electron chi connectivity index (χ0n) is 20.7. The Balaban J connectivity index is 1.15. The summed E-state index contributed by atoms with van der Waals surface area (Å²) in [7, 11) is 0. The van der Waals surface area contributed by atoms with Crippen LogP contribution in [0.1, 0.15) is 44.7 Å². The van der Waals surface area contributed by atoms with Gasteiger partial charge in [-0.25, -0.2) is 9.59 Å². The molecule has 2 aromatic rings. The van der Waals surface area contributed by atoms with Crippen molar-refractivity contribution in [3.8, 4) is 5.75 Å². The van der Waals surface area contributed by atoms with E-state index in [0.29, 0.717) is 13.2 Å². The highest BCUT2D eigenvalue weighted by atomic mass is 16.6. The standard InChI is InChI=1S/C28H34N2O5/c1-27(2,3)35-26(32)30-19-28(20-30)16-23(17-28)14-22-10-7-11-24(15-22)33-13-12-29-25(31)34-18-21-8-5-4-6-9-21/h4-11,14-15H,12-13,16-20H2,1-3H3,(H,29,31). The van der Waals surface area contributed by atoms with E-state index in [9.17, 15) is 9.59 Å². The Morgan fingerprint density at radius 2 is 1.80 bits per heavy atom. The molecule has 0 aromatic heterocycles. The van der Waals surface area contributed by atoms with Crippen LogP contribution in [0.4, 0.5) is 9.59 Å². The van der Waals surface area contributed by atoms with Crippen LogP contribution in [0.15, 0.2) is 60.2 Å². The molecule has 2 aliphatic rings. The van der Waals surface area contributed by atoms with Gasteiger partial charge in [-0.05, 0) is 56.9 Å². The third-order valence-corrected chi connectivity index (χ3v) is 5.99. The van der Waals surface area contributed by atoms with Crippen LogP contribution in [-0.4, -0.2) is 48.9 Å². The van der Waals surface area contributed by atoms with Gasteiger partial charge < -0.3 is 24.4 Å². The molecule has 35 heavy (non-hydrogen) atoms. The fraction of sp³-hybridized carbons (Fsp3) is 0.429. The number of benzene rings is 2. The number of likely N-dealkylation sites (tertiary alicyclic amines) is 1. The van der Waals surface area contributed by atoms with Crippen molar-refractivity contribution in [2.24, 2.45) is 5.41 Å². The first-order chi connectivity index (χ1) is 16.7. The molecule has 1 saturated carbocycles. The van der Waals surface area contributed by atoms with Gasteiger partial charge in [0, 0.05) is 18.5 Å². The molecule has 0 atom stereocenters. The van der Waals surface area contributed by atoms with Gasteiger partial charge in [0.15, 0.2) is 0 Å². The number of allylic oxidation sites excluding steroid dienone is 1. The number of ether oxygens (including phenoxy) is 3. The van der Waals surface area contributed by atoms with E-state index in [1.165, 1.54) is 5.57 Å². The molecule has 1 spiro atoms. The Labute approximate surface area is 207 Å².